The average Bonchev–Trinajstić information content (AvgIpc) is 2.33. The van der Waals surface area contributed by atoms with Gasteiger partial charge in [-0.1, -0.05) is 0 Å². The van der Waals surface area contributed by atoms with Gasteiger partial charge in [-0.2, -0.15) is 0 Å². The number of hydrogen-bond donors (Lipinski definition) is 4. The van der Waals surface area contributed by atoms with Crippen molar-refractivity contribution in [3.63, 3.8) is 0 Å². The minimum atomic E-state index is -0.340. The zero-order valence-electron chi connectivity index (χ0n) is 9.42. The molecule has 0 heterocycles. The maximum atomic E-state index is 11.9. The summed E-state index contributed by atoms with van der Waals surface area (Å²) in [4.78, 5) is 11.9. The predicted octanol–water partition coefficient (Wildman–Crippen LogP) is 1.93. The van der Waals surface area contributed by atoms with E-state index < -0.39 is 0 Å². The molecule has 2 aromatic carbocycles. The number of nitrogen functional groups attached to an aromatic ring is 1. The van der Waals surface area contributed by atoms with Crippen molar-refractivity contribution in [3.05, 3.63) is 48.0 Å². The van der Waals surface area contributed by atoms with Crippen LogP contribution in [0.15, 0.2) is 42.5 Å². The first-order chi connectivity index (χ1) is 8.56. The van der Waals surface area contributed by atoms with Gasteiger partial charge >= 0.3 is 0 Å². The number of anilines is 2. The van der Waals surface area contributed by atoms with Gasteiger partial charge in [-0.15, -0.1) is 0 Å². The molecule has 0 unspecified atom stereocenters. The lowest BCUT2D eigenvalue weighted by atomic mass is 10.2. The fourth-order valence-electron chi connectivity index (χ4n) is 1.47. The maximum absolute atomic E-state index is 11.9. The molecule has 0 saturated carbocycles. The van der Waals surface area contributed by atoms with Crippen molar-refractivity contribution in [2.24, 2.45) is 0 Å². The predicted molar refractivity (Wildman–Crippen MR) is 68.6 cm³/mol. The Hall–Kier alpha value is -2.69. The Morgan fingerprint density at radius 2 is 1.61 bits per heavy atom. The number of phenolic OH excluding ortho intramolecular Hbond substituents is 2. The summed E-state index contributed by atoms with van der Waals surface area (Å²) in [6.07, 6.45) is 0. The van der Waals surface area contributed by atoms with Crippen LogP contribution in [0.2, 0.25) is 0 Å². The Kier molecular flexibility index (Phi) is 3.05. The summed E-state index contributed by atoms with van der Waals surface area (Å²) in [6.45, 7) is 0. The van der Waals surface area contributed by atoms with Crippen molar-refractivity contribution in [1.82, 2.24) is 0 Å². The fourth-order valence-corrected chi connectivity index (χ4v) is 1.47. The van der Waals surface area contributed by atoms with E-state index in [0.717, 1.165) is 0 Å². The molecule has 18 heavy (non-hydrogen) atoms. The lowest BCUT2D eigenvalue weighted by Crippen LogP contribution is -2.12. The van der Waals surface area contributed by atoms with E-state index in [2.05, 4.69) is 5.32 Å². The van der Waals surface area contributed by atoms with Gasteiger partial charge in [-0.25, -0.2) is 0 Å². The molecule has 1 amide bonds. The molecule has 5 heteroatoms. The number of carbonyl (C=O) groups excluding carboxylic acids is 1. The third-order valence-corrected chi connectivity index (χ3v) is 2.41. The van der Waals surface area contributed by atoms with Crippen molar-refractivity contribution >= 4 is 17.3 Å². The van der Waals surface area contributed by atoms with Crippen LogP contribution in [0.25, 0.3) is 0 Å². The molecule has 5 N–H and O–H groups in total. The second kappa shape index (κ2) is 4.67. The van der Waals surface area contributed by atoms with Crippen molar-refractivity contribution in [2.45, 2.75) is 0 Å². The van der Waals surface area contributed by atoms with Crippen LogP contribution in [0.3, 0.4) is 0 Å². The van der Waals surface area contributed by atoms with E-state index in [4.69, 9.17) is 10.8 Å². The van der Waals surface area contributed by atoms with Gasteiger partial charge in [-0.3, -0.25) is 4.79 Å². The first-order valence-corrected chi connectivity index (χ1v) is 5.25. The summed E-state index contributed by atoms with van der Waals surface area (Å²) in [5.74, 6) is -0.210. The number of nitrogens with two attached hydrogens (primary N) is 1. The Morgan fingerprint density at radius 3 is 2.22 bits per heavy atom. The monoisotopic (exact) mass is 244 g/mol. The van der Waals surface area contributed by atoms with Gasteiger partial charge in [0.05, 0.1) is 11.4 Å². The largest absolute Gasteiger partial charge is 0.508 e. The van der Waals surface area contributed by atoms with E-state index in [-0.39, 0.29) is 23.1 Å². The molecule has 0 bridgehead atoms. The molecular weight excluding hydrogens is 232 g/mol. The van der Waals surface area contributed by atoms with E-state index >= 15 is 0 Å². The van der Waals surface area contributed by atoms with Gasteiger partial charge < -0.3 is 21.3 Å². The summed E-state index contributed by atoms with van der Waals surface area (Å²) in [5, 5.41) is 20.9. The quantitative estimate of drug-likeness (QED) is 0.479. The first kappa shape index (κ1) is 11.8. The number of aromatic hydroxyl groups is 2. The zero-order chi connectivity index (χ0) is 13.1. The van der Waals surface area contributed by atoms with Gasteiger partial charge in [0.1, 0.15) is 11.5 Å². The number of carbonyl (C=O) groups is 1. The second-order valence-corrected chi connectivity index (χ2v) is 3.77. The zero-order valence-corrected chi connectivity index (χ0v) is 9.42. The molecule has 0 fully saturated rings. The van der Waals surface area contributed by atoms with Crippen molar-refractivity contribution in [2.75, 3.05) is 11.1 Å². The van der Waals surface area contributed by atoms with E-state index in [1.807, 2.05) is 0 Å². The molecule has 0 atom stereocenters. The number of benzene rings is 2. The van der Waals surface area contributed by atoms with Gasteiger partial charge in [0, 0.05) is 11.6 Å². The highest BCUT2D eigenvalue weighted by Gasteiger charge is 2.08. The second-order valence-electron chi connectivity index (χ2n) is 3.77. The summed E-state index contributed by atoms with van der Waals surface area (Å²) in [7, 11) is 0. The minimum Gasteiger partial charge on any atom is -0.508 e. The van der Waals surface area contributed by atoms with E-state index in [9.17, 15) is 9.90 Å². The van der Waals surface area contributed by atoms with Crippen molar-refractivity contribution < 1.29 is 15.0 Å². The molecule has 2 aromatic rings. The molecule has 0 aliphatic heterocycles. The molecule has 0 spiro atoms. The summed E-state index contributed by atoms with van der Waals surface area (Å²) >= 11 is 0. The highest BCUT2D eigenvalue weighted by Crippen LogP contribution is 2.23. The van der Waals surface area contributed by atoms with Crippen LogP contribution in [0, 0.1) is 0 Å². The van der Waals surface area contributed by atoms with Crippen LogP contribution in [0.1, 0.15) is 10.4 Å². The molecule has 0 aliphatic rings. The van der Waals surface area contributed by atoms with E-state index in [1.54, 1.807) is 0 Å². The summed E-state index contributed by atoms with van der Waals surface area (Å²) in [6, 6.07) is 10.2. The van der Waals surface area contributed by atoms with Crippen LogP contribution in [-0.2, 0) is 0 Å². The normalized spacial score (nSPS) is 10.0. The number of hydrogen-bond acceptors (Lipinski definition) is 4. The molecule has 5 nitrogen and oxygen atoms in total. The molecule has 2 rings (SSSR count). The Morgan fingerprint density at radius 1 is 1.00 bits per heavy atom. The molecule has 0 saturated heterocycles. The Balaban J connectivity index is 2.18. The molecule has 0 aromatic heterocycles. The summed E-state index contributed by atoms with van der Waals surface area (Å²) in [5.41, 5.74) is 6.76. The molecule has 0 aliphatic carbocycles. The Bertz CT molecular complexity index is 579. The van der Waals surface area contributed by atoms with Crippen LogP contribution in [-0.4, -0.2) is 16.1 Å². The third kappa shape index (κ3) is 2.52. The summed E-state index contributed by atoms with van der Waals surface area (Å²) < 4.78 is 0. The third-order valence-electron chi connectivity index (χ3n) is 2.41. The molecular formula is C13H12N2O3. The molecule has 92 valence electrons. The van der Waals surface area contributed by atoms with Gasteiger partial charge in [0.15, 0.2) is 0 Å². The van der Waals surface area contributed by atoms with Crippen LogP contribution in [0.4, 0.5) is 11.4 Å². The van der Waals surface area contributed by atoms with Crippen LogP contribution in [0.5, 0.6) is 11.5 Å². The van der Waals surface area contributed by atoms with Gasteiger partial charge in [0.25, 0.3) is 5.91 Å². The Labute approximate surface area is 103 Å². The number of amides is 1. The standard InChI is InChI=1S/C13H12N2O3/c14-11-7-10(17)5-6-12(11)15-13(18)8-1-3-9(16)4-2-8/h1-7,16-17H,14H2,(H,15,18). The average molecular weight is 244 g/mol. The number of phenols is 2. The van der Waals surface area contributed by atoms with Gasteiger partial charge in [0.2, 0.25) is 0 Å². The lowest BCUT2D eigenvalue weighted by molar-refractivity contribution is 0.102. The van der Waals surface area contributed by atoms with E-state index in [0.29, 0.717) is 11.3 Å². The SMILES string of the molecule is Nc1cc(O)ccc1NC(=O)c1ccc(O)cc1. The maximum Gasteiger partial charge on any atom is 0.255 e. The highest BCUT2D eigenvalue weighted by atomic mass is 16.3. The molecule has 0 radical (unpaired) electrons. The van der Waals surface area contributed by atoms with Gasteiger partial charge in [-0.05, 0) is 36.4 Å². The van der Waals surface area contributed by atoms with Crippen molar-refractivity contribution in [1.29, 1.82) is 0 Å². The highest BCUT2D eigenvalue weighted by molar-refractivity contribution is 6.05. The first-order valence-electron chi connectivity index (χ1n) is 5.25. The van der Waals surface area contributed by atoms with Crippen LogP contribution < -0.4 is 11.1 Å². The lowest BCUT2D eigenvalue weighted by Gasteiger charge is -2.08. The van der Waals surface area contributed by atoms with Crippen molar-refractivity contribution in [3.8, 4) is 11.5 Å². The smallest absolute Gasteiger partial charge is 0.255 e. The number of rotatable bonds is 2. The van der Waals surface area contributed by atoms with E-state index in [1.165, 1.54) is 42.5 Å². The fraction of sp³-hybridized carbons (Fsp3) is 0. The number of nitrogens with one attached hydrogen (secondary N) is 1. The minimum absolute atomic E-state index is 0.0372. The van der Waals surface area contributed by atoms with Crippen LogP contribution >= 0.6 is 0 Å². The topological polar surface area (TPSA) is 95.6 Å².